The van der Waals surface area contributed by atoms with Crippen LogP contribution in [-0.2, 0) is 9.59 Å². The highest BCUT2D eigenvalue weighted by molar-refractivity contribution is 6.01. The molecule has 122 valence electrons. The van der Waals surface area contributed by atoms with Crippen molar-refractivity contribution >= 4 is 17.5 Å². The van der Waals surface area contributed by atoms with Crippen LogP contribution in [0.1, 0.15) is 30.7 Å². The maximum Gasteiger partial charge on any atom is 0.230 e. The largest absolute Gasteiger partial charge is 0.342 e. The zero-order chi connectivity index (χ0) is 16.1. The highest BCUT2D eigenvalue weighted by Gasteiger charge is 2.44. The Morgan fingerprint density at radius 1 is 1.30 bits per heavy atom. The molecule has 2 aliphatic heterocycles. The second kappa shape index (κ2) is 5.30. The number of nitrogens with zero attached hydrogens (tertiary/aromatic N) is 1. The molecule has 1 aromatic carbocycles. The Kier molecular flexibility index (Phi) is 3.37. The van der Waals surface area contributed by atoms with Gasteiger partial charge in [-0.2, -0.15) is 0 Å². The lowest BCUT2D eigenvalue weighted by molar-refractivity contribution is -0.134. The van der Waals surface area contributed by atoms with E-state index in [2.05, 4.69) is 5.32 Å². The molecule has 0 bridgehead atoms. The molecule has 2 heterocycles. The van der Waals surface area contributed by atoms with Crippen LogP contribution in [0.5, 0.6) is 0 Å². The van der Waals surface area contributed by atoms with E-state index in [9.17, 15) is 14.0 Å². The zero-order valence-corrected chi connectivity index (χ0v) is 12.8. The molecule has 3 aliphatic rings. The van der Waals surface area contributed by atoms with Crippen LogP contribution in [-0.4, -0.2) is 35.8 Å². The molecule has 3 N–H and O–H groups in total. The smallest absolute Gasteiger partial charge is 0.230 e. The molecule has 0 radical (unpaired) electrons. The molecule has 1 aliphatic carbocycles. The van der Waals surface area contributed by atoms with Crippen molar-refractivity contribution in [3.8, 4) is 0 Å². The van der Waals surface area contributed by atoms with E-state index >= 15 is 0 Å². The van der Waals surface area contributed by atoms with E-state index in [0.29, 0.717) is 29.6 Å². The molecular weight excluding hydrogens is 297 g/mol. The minimum Gasteiger partial charge on any atom is -0.342 e. The summed E-state index contributed by atoms with van der Waals surface area (Å²) in [6.07, 6.45) is 2.23. The fraction of sp³-hybridized carbons (Fsp3) is 0.529. The van der Waals surface area contributed by atoms with Crippen molar-refractivity contribution in [2.75, 3.05) is 18.4 Å². The summed E-state index contributed by atoms with van der Waals surface area (Å²) in [5, 5.41) is 2.65. The van der Waals surface area contributed by atoms with E-state index in [1.165, 1.54) is 12.1 Å². The molecule has 0 aromatic heterocycles. The van der Waals surface area contributed by atoms with Crippen LogP contribution in [0.2, 0.25) is 0 Å². The fourth-order valence-corrected chi connectivity index (χ4v) is 4.37. The van der Waals surface area contributed by atoms with E-state index < -0.39 is 11.7 Å². The summed E-state index contributed by atoms with van der Waals surface area (Å²) in [5.41, 5.74) is 7.25. The number of carbonyl (C=O) groups is 2. The predicted molar refractivity (Wildman–Crippen MR) is 83.2 cm³/mol. The van der Waals surface area contributed by atoms with Crippen LogP contribution >= 0.6 is 0 Å². The molecule has 4 unspecified atom stereocenters. The Morgan fingerprint density at radius 3 is 2.91 bits per heavy atom. The first-order valence-electron chi connectivity index (χ1n) is 8.16. The van der Waals surface area contributed by atoms with Gasteiger partial charge in [0, 0.05) is 31.2 Å². The van der Waals surface area contributed by atoms with Gasteiger partial charge in [-0.25, -0.2) is 4.39 Å². The van der Waals surface area contributed by atoms with Crippen molar-refractivity contribution in [3.63, 3.8) is 0 Å². The standard InChI is InChI=1S/C17H20FN3O2/c18-10-2-3-11-12(6-16(22)20-15(11)5-10)17(23)21-7-9-1-4-14(19)13(9)8-21/h2-3,5,9,12-14H,1,4,6-8,19H2,(H,20,22). The second-order valence-electron chi connectivity index (χ2n) is 6.94. The Morgan fingerprint density at radius 2 is 2.13 bits per heavy atom. The summed E-state index contributed by atoms with van der Waals surface area (Å²) >= 11 is 0. The third kappa shape index (κ3) is 2.41. The van der Waals surface area contributed by atoms with Crippen molar-refractivity contribution in [1.29, 1.82) is 0 Å². The normalized spacial score (nSPS) is 32.4. The Hall–Kier alpha value is -1.95. The van der Waals surface area contributed by atoms with Gasteiger partial charge >= 0.3 is 0 Å². The van der Waals surface area contributed by atoms with Crippen LogP contribution in [0.3, 0.4) is 0 Å². The molecule has 23 heavy (non-hydrogen) atoms. The summed E-state index contributed by atoms with van der Waals surface area (Å²) in [4.78, 5) is 26.7. The Bertz CT molecular complexity index is 678. The molecule has 1 saturated heterocycles. The van der Waals surface area contributed by atoms with Gasteiger partial charge in [-0.3, -0.25) is 9.59 Å². The SMILES string of the molecule is NC1CCC2CN(C(=O)C3CC(=O)Nc4cc(F)ccc43)CC12. The van der Waals surface area contributed by atoms with E-state index in [1.807, 2.05) is 4.90 Å². The number of rotatable bonds is 1. The van der Waals surface area contributed by atoms with Gasteiger partial charge in [0.05, 0.1) is 5.92 Å². The van der Waals surface area contributed by atoms with Gasteiger partial charge in [0.1, 0.15) is 5.82 Å². The van der Waals surface area contributed by atoms with Crippen molar-refractivity contribution in [3.05, 3.63) is 29.6 Å². The number of likely N-dealkylation sites (tertiary alicyclic amines) is 1. The third-order valence-corrected chi connectivity index (χ3v) is 5.58. The average molecular weight is 317 g/mol. The molecule has 2 amide bonds. The molecule has 1 aromatic rings. The molecular formula is C17H20FN3O2. The Labute approximate surface area is 134 Å². The lowest BCUT2D eigenvalue weighted by atomic mass is 9.89. The number of anilines is 1. The Balaban J connectivity index is 1.59. The average Bonchev–Trinajstić information content (AvgIpc) is 3.08. The topological polar surface area (TPSA) is 75.4 Å². The van der Waals surface area contributed by atoms with E-state index in [-0.39, 0.29) is 24.3 Å². The van der Waals surface area contributed by atoms with Crippen molar-refractivity contribution in [1.82, 2.24) is 4.90 Å². The summed E-state index contributed by atoms with van der Waals surface area (Å²) in [6, 6.07) is 4.40. The minimum atomic E-state index is -0.519. The van der Waals surface area contributed by atoms with Crippen LogP contribution in [0.4, 0.5) is 10.1 Å². The van der Waals surface area contributed by atoms with Gasteiger partial charge in [-0.1, -0.05) is 6.07 Å². The lowest BCUT2D eigenvalue weighted by Crippen LogP contribution is -2.39. The lowest BCUT2D eigenvalue weighted by Gasteiger charge is -2.29. The zero-order valence-electron chi connectivity index (χ0n) is 12.8. The molecule has 4 rings (SSSR count). The maximum atomic E-state index is 13.4. The van der Waals surface area contributed by atoms with Crippen LogP contribution in [0.15, 0.2) is 18.2 Å². The van der Waals surface area contributed by atoms with Crippen LogP contribution in [0, 0.1) is 17.7 Å². The minimum absolute atomic E-state index is 0.0330. The molecule has 4 atom stereocenters. The predicted octanol–water partition coefficient (Wildman–Crippen LogP) is 1.45. The first-order valence-corrected chi connectivity index (χ1v) is 8.16. The highest BCUT2D eigenvalue weighted by Crippen LogP contribution is 2.40. The number of halogens is 1. The number of benzene rings is 1. The van der Waals surface area contributed by atoms with Gasteiger partial charge in [-0.05, 0) is 42.4 Å². The highest BCUT2D eigenvalue weighted by atomic mass is 19.1. The fourth-order valence-electron chi connectivity index (χ4n) is 4.37. The van der Waals surface area contributed by atoms with Crippen molar-refractivity contribution < 1.29 is 14.0 Å². The van der Waals surface area contributed by atoms with Gasteiger partial charge in [0.25, 0.3) is 0 Å². The molecule has 6 heteroatoms. The monoisotopic (exact) mass is 317 g/mol. The number of carbonyl (C=O) groups excluding carboxylic acids is 2. The second-order valence-corrected chi connectivity index (χ2v) is 6.94. The first-order chi connectivity index (χ1) is 11.0. The summed E-state index contributed by atoms with van der Waals surface area (Å²) in [7, 11) is 0. The number of hydrogen-bond donors (Lipinski definition) is 2. The van der Waals surface area contributed by atoms with E-state index in [0.717, 1.165) is 19.4 Å². The van der Waals surface area contributed by atoms with Gasteiger partial charge in [0.2, 0.25) is 11.8 Å². The molecule has 5 nitrogen and oxygen atoms in total. The first kappa shape index (κ1) is 14.6. The van der Waals surface area contributed by atoms with Crippen molar-refractivity contribution in [2.45, 2.75) is 31.2 Å². The molecule has 1 saturated carbocycles. The quantitative estimate of drug-likeness (QED) is 0.823. The molecule has 2 fully saturated rings. The van der Waals surface area contributed by atoms with Gasteiger partial charge in [0.15, 0.2) is 0 Å². The maximum absolute atomic E-state index is 13.4. The van der Waals surface area contributed by atoms with Crippen LogP contribution in [0.25, 0.3) is 0 Å². The number of amides is 2. The third-order valence-electron chi connectivity index (χ3n) is 5.58. The van der Waals surface area contributed by atoms with Crippen LogP contribution < -0.4 is 11.1 Å². The van der Waals surface area contributed by atoms with E-state index in [4.69, 9.17) is 5.73 Å². The number of nitrogens with two attached hydrogens (primary N) is 1. The van der Waals surface area contributed by atoms with Crippen molar-refractivity contribution in [2.24, 2.45) is 17.6 Å². The summed E-state index contributed by atoms with van der Waals surface area (Å²) in [6.45, 7) is 1.41. The number of nitrogens with one attached hydrogen (secondary N) is 1. The molecule has 0 spiro atoms. The number of fused-ring (bicyclic) bond motifs is 2. The van der Waals surface area contributed by atoms with Gasteiger partial charge < -0.3 is 16.0 Å². The summed E-state index contributed by atoms with van der Waals surface area (Å²) in [5.74, 6) is -0.344. The van der Waals surface area contributed by atoms with E-state index in [1.54, 1.807) is 6.07 Å². The summed E-state index contributed by atoms with van der Waals surface area (Å²) < 4.78 is 13.4. The van der Waals surface area contributed by atoms with Gasteiger partial charge in [-0.15, -0.1) is 0 Å². The number of hydrogen-bond acceptors (Lipinski definition) is 3.